The highest BCUT2D eigenvalue weighted by Crippen LogP contribution is 2.32. The Morgan fingerprint density at radius 1 is 1.44 bits per heavy atom. The van der Waals surface area contributed by atoms with Crippen LogP contribution >= 0.6 is 11.6 Å². The van der Waals surface area contributed by atoms with Crippen molar-refractivity contribution in [3.63, 3.8) is 0 Å². The maximum Gasteiger partial charge on any atom is 0.306 e. The van der Waals surface area contributed by atoms with Crippen LogP contribution in [0.5, 0.6) is 0 Å². The van der Waals surface area contributed by atoms with Gasteiger partial charge in [0.05, 0.1) is 17.4 Å². The Balaban J connectivity index is 1.92. The van der Waals surface area contributed by atoms with Gasteiger partial charge in [-0.2, -0.15) is 5.26 Å². The fraction of sp³-hybridized carbons (Fsp3) is 0.385. The van der Waals surface area contributed by atoms with Gasteiger partial charge in [-0.1, -0.05) is 0 Å². The van der Waals surface area contributed by atoms with Crippen molar-refractivity contribution in [2.45, 2.75) is 24.3 Å². The number of ether oxygens (including phenoxy) is 1. The van der Waals surface area contributed by atoms with Gasteiger partial charge < -0.3 is 9.84 Å². The quantitative estimate of drug-likeness (QED) is 0.796. The molecule has 2 rings (SSSR count). The van der Waals surface area contributed by atoms with E-state index >= 15 is 0 Å². The minimum atomic E-state index is -0.774. The van der Waals surface area contributed by atoms with Crippen molar-refractivity contribution in [2.24, 2.45) is 5.92 Å². The van der Waals surface area contributed by atoms with Gasteiger partial charge in [0, 0.05) is 5.57 Å². The van der Waals surface area contributed by atoms with E-state index in [0.29, 0.717) is 24.2 Å². The molecule has 1 atom stereocenters. The van der Waals surface area contributed by atoms with Crippen LogP contribution in [-0.2, 0) is 9.53 Å². The molecule has 0 saturated heterocycles. The monoisotopic (exact) mass is 265 g/mol. The average Bonchev–Trinajstić information content (AvgIpc) is 2.43. The van der Waals surface area contributed by atoms with Gasteiger partial charge in [0.1, 0.15) is 11.9 Å². The summed E-state index contributed by atoms with van der Waals surface area (Å²) in [5.74, 6) is -0.487. The Bertz CT molecular complexity index is 481. The first-order valence-corrected chi connectivity index (χ1v) is 6.07. The highest BCUT2D eigenvalue weighted by atomic mass is 35.5. The molecule has 0 spiro atoms. The molecule has 0 aromatic carbocycles. The van der Waals surface area contributed by atoms with Crippen molar-refractivity contribution in [1.29, 1.82) is 5.26 Å². The van der Waals surface area contributed by atoms with Gasteiger partial charge in [-0.05, 0) is 37.1 Å². The number of carbonyl (C=O) groups is 1. The maximum atomic E-state index is 10.7. The van der Waals surface area contributed by atoms with Crippen molar-refractivity contribution >= 4 is 17.6 Å². The summed E-state index contributed by atoms with van der Waals surface area (Å²) < 4.78 is 5.63. The van der Waals surface area contributed by atoms with Crippen LogP contribution in [0.2, 0.25) is 0 Å². The minimum Gasteiger partial charge on any atom is -0.491 e. The van der Waals surface area contributed by atoms with Gasteiger partial charge in [0.25, 0.3) is 0 Å². The summed E-state index contributed by atoms with van der Waals surface area (Å²) in [6, 6.07) is 2.02. The molecule has 0 radical (unpaired) electrons. The lowest BCUT2D eigenvalue weighted by atomic mass is 9.82. The maximum absolute atomic E-state index is 10.7. The number of alkyl halides is 1. The van der Waals surface area contributed by atoms with E-state index in [4.69, 9.17) is 26.7 Å². The van der Waals surface area contributed by atoms with Crippen molar-refractivity contribution < 1.29 is 14.6 Å². The van der Waals surface area contributed by atoms with E-state index in [1.807, 2.05) is 6.07 Å². The zero-order chi connectivity index (χ0) is 13.1. The number of aliphatic carboxylic acids is 1. The normalized spacial score (nSPS) is 30.3. The number of carboxylic acids is 1. The molecular formula is C13H12ClNO3. The Morgan fingerprint density at radius 2 is 2.17 bits per heavy atom. The van der Waals surface area contributed by atoms with Crippen molar-refractivity contribution in [3.8, 4) is 6.07 Å². The minimum absolute atomic E-state index is 0.0745. The fourth-order valence-electron chi connectivity index (χ4n) is 1.87. The molecule has 0 amide bonds. The fourth-order valence-corrected chi connectivity index (χ4v) is 2.13. The van der Waals surface area contributed by atoms with Gasteiger partial charge in [0.2, 0.25) is 0 Å². The Kier molecular flexibility index (Phi) is 3.73. The molecule has 5 heteroatoms. The van der Waals surface area contributed by atoms with Crippen LogP contribution in [0.25, 0.3) is 0 Å². The standard InChI is InChI=1S/C13H12ClNO3/c14-10-3-8(7-15)1-2-11(6-10)18-12-4-9(5-12)13(16)17/h1-3,6,9-10,12H,4-5H2,(H,16,17). The molecule has 0 aromatic rings. The molecule has 0 aliphatic heterocycles. The number of hydrogen-bond donors (Lipinski definition) is 1. The van der Waals surface area contributed by atoms with Crippen LogP contribution in [0, 0.1) is 17.2 Å². The summed E-state index contributed by atoms with van der Waals surface area (Å²) in [4.78, 5) is 10.7. The second kappa shape index (κ2) is 5.28. The Morgan fingerprint density at radius 3 is 2.78 bits per heavy atom. The van der Waals surface area contributed by atoms with Crippen LogP contribution in [-0.4, -0.2) is 22.6 Å². The molecule has 1 N–H and O–H groups in total. The smallest absolute Gasteiger partial charge is 0.306 e. The lowest BCUT2D eigenvalue weighted by Crippen LogP contribution is -2.36. The third-order valence-electron chi connectivity index (χ3n) is 2.97. The van der Waals surface area contributed by atoms with Crippen LogP contribution in [0.1, 0.15) is 12.8 Å². The van der Waals surface area contributed by atoms with Gasteiger partial charge in [-0.3, -0.25) is 4.79 Å². The Labute approximate surface area is 110 Å². The molecule has 1 unspecified atom stereocenters. The van der Waals surface area contributed by atoms with Crippen LogP contribution in [0.4, 0.5) is 0 Å². The molecule has 2 aliphatic rings. The van der Waals surface area contributed by atoms with E-state index in [-0.39, 0.29) is 17.4 Å². The summed E-state index contributed by atoms with van der Waals surface area (Å²) >= 11 is 6.00. The molecule has 94 valence electrons. The van der Waals surface area contributed by atoms with E-state index < -0.39 is 5.97 Å². The first-order valence-electron chi connectivity index (χ1n) is 5.64. The summed E-state index contributed by atoms with van der Waals surface area (Å²) in [5, 5.41) is 17.2. The van der Waals surface area contributed by atoms with Gasteiger partial charge in [-0.15, -0.1) is 11.6 Å². The first kappa shape index (κ1) is 12.7. The lowest BCUT2D eigenvalue weighted by Gasteiger charge is -2.32. The topological polar surface area (TPSA) is 70.3 Å². The molecule has 0 aromatic heterocycles. The average molecular weight is 266 g/mol. The van der Waals surface area contributed by atoms with Gasteiger partial charge in [-0.25, -0.2) is 0 Å². The summed E-state index contributed by atoms with van der Waals surface area (Å²) in [5.41, 5.74) is 0.488. The van der Waals surface area contributed by atoms with Crippen molar-refractivity contribution in [3.05, 3.63) is 35.6 Å². The third-order valence-corrected chi connectivity index (χ3v) is 3.22. The molecule has 0 bridgehead atoms. The molecule has 2 aliphatic carbocycles. The van der Waals surface area contributed by atoms with Crippen LogP contribution in [0.15, 0.2) is 35.6 Å². The number of nitriles is 1. The second-order valence-corrected chi connectivity index (χ2v) is 4.83. The molecule has 0 heterocycles. The zero-order valence-corrected chi connectivity index (χ0v) is 10.3. The Hall–Kier alpha value is -1.73. The number of hydrogen-bond acceptors (Lipinski definition) is 3. The molecular weight excluding hydrogens is 254 g/mol. The zero-order valence-electron chi connectivity index (χ0n) is 9.54. The number of nitrogens with zero attached hydrogens (tertiary/aromatic N) is 1. The number of allylic oxidation sites excluding steroid dienone is 5. The van der Waals surface area contributed by atoms with Gasteiger partial charge >= 0.3 is 5.97 Å². The molecule has 18 heavy (non-hydrogen) atoms. The van der Waals surface area contributed by atoms with Crippen molar-refractivity contribution in [2.75, 3.05) is 0 Å². The van der Waals surface area contributed by atoms with Crippen LogP contribution in [0.3, 0.4) is 0 Å². The second-order valence-electron chi connectivity index (χ2n) is 4.33. The van der Waals surface area contributed by atoms with Crippen molar-refractivity contribution in [1.82, 2.24) is 0 Å². The SMILES string of the molecule is N#CC1=CC(Cl)C=C(OC2CC(C(=O)O)C2)C=C1. The predicted octanol–water partition coefficient (Wildman–Crippen LogP) is 2.38. The largest absolute Gasteiger partial charge is 0.491 e. The van der Waals surface area contributed by atoms with E-state index in [1.165, 1.54) is 0 Å². The highest BCUT2D eigenvalue weighted by molar-refractivity contribution is 6.23. The van der Waals surface area contributed by atoms with E-state index in [2.05, 4.69) is 0 Å². The number of rotatable bonds is 3. The summed E-state index contributed by atoms with van der Waals surface area (Å²) in [6.07, 6.45) is 7.63. The molecule has 1 fully saturated rings. The van der Waals surface area contributed by atoms with E-state index in [1.54, 1.807) is 24.3 Å². The molecule has 1 saturated carbocycles. The first-order chi connectivity index (χ1) is 8.58. The number of halogens is 1. The predicted molar refractivity (Wildman–Crippen MR) is 65.8 cm³/mol. The van der Waals surface area contributed by atoms with E-state index in [0.717, 1.165) is 0 Å². The van der Waals surface area contributed by atoms with Crippen LogP contribution < -0.4 is 0 Å². The lowest BCUT2D eigenvalue weighted by molar-refractivity contribution is -0.149. The van der Waals surface area contributed by atoms with Gasteiger partial charge in [0.15, 0.2) is 0 Å². The highest BCUT2D eigenvalue weighted by Gasteiger charge is 2.36. The number of carboxylic acid groups (broad SMARTS) is 1. The summed E-state index contributed by atoms with van der Waals surface area (Å²) in [7, 11) is 0. The summed E-state index contributed by atoms with van der Waals surface area (Å²) in [6.45, 7) is 0. The van der Waals surface area contributed by atoms with E-state index in [9.17, 15) is 4.79 Å². The molecule has 4 nitrogen and oxygen atoms in total. The third kappa shape index (κ3) is 2.93.